The van der Waals surface area contributed by atoms with Crippen molar-refractivity contribution < 1.29 is 24.1 Å². The number of benzene rings is 2. The molecule has 2 aliphatic heterocycles. The first kappa shape index (κ1) is 22.8. The number of likely N-dealkylation sites (tertiary alicyclic amines) is 1. The van der Waals surface area contributed by atoms with E-state index in [2.05, 4.69) is 4.98 Å². The average Bonchev–Trinajstić information content (AvgIpc) is 3.22. The fourth-order valence-electron chi connectivity index (χ4n) is 5.01. The van der Waals surface area contributed by atoms with Gasteiger partial charge in [0.05, 0.1) is 17.2 Å². The number of hydrogen-bond acceptors (Lipinski definition) is 7. The highest BCUT2D eigenvalue weighted by Crippen LogP contribution is 2.35. The third kappa shape index (κ3) is 4.07. The minimum absolute atomic E-state index is 0.218. The first-order valence-corrected chi connectivity index (χ1v) is 12.0. The van der Waals surface area contributed by atoms with Crippen molar-refractivity contribution in [3.05, 3.63) is 65.2 Å². The summed E-state index contributed by atoms with van der Waals surface area (Å²) in [6, 6.07) is 13.9. The summed E-state index contributed by atoms with van der Waals surface area (Å²) >= 11 is 0. The van der Waals surface area contributed by atoms with Gasteiger partial charge in [0.2, 0.25) is 0 Å². The number of aromatic nitrogens is 3. The molecule has 190 valence electrons. The maximum Gasteiger partial charge on any atom is 0.407 e. The summed E-state index contributed by atoms with van der Waals surface area (Å²) in [5.41, 5.74) is 7.63. The zero-order chi connectivity index (χ0) is 25.5. The molecule has 1 amide bonds. The number of nitrogens with zero attached hydrogens (tertiary/aromatic N) is 4. The monoisotopic (exact) mass is 503 g/mol. The third-order valence-electron chi connectivity index (χ3n) is 6.69. The van der Waals surface area contributed by atoms with Crippen molar-refractivity contribution in [3.63, 3.8) is 0 Å². The van der Waals surface area contributed by atoms with E-state index in [1.807, 2.05) is 0 Å². The SMILES string of the molecule is Nc1nccc2c1n(-c1ccc(Oc3ccc4c(c3)OCCO4)cc1)c(=O)n2[C@@H]1CCCN(C(=O)O)C1. The zero-order valence-corrected chi connectivity index (χ0v) is 19.9. The van der Waals surface area contributed by atoms with Crippen LogP contribution in [-0.2, 0) is 0 Å². The van der Waals surface area contributed by atoms with Gasteiger partial charge in [0.1, 0.15) is 36.0 Å². The van der Waals surface area contributed by atoms with E-state index in [4.69, 9.17) is 19.9 Å². The molecule has 11 heteroatoms. The lowest BCUT2D eigenvalue weighted by atomic mass is 10.1. The predicted octanol–water partition coefficient (Wildman–Crippen LogP) is 3.65. The number of carbonyl (C=O) groups is 1. The molecule has 2 aromatic heterocycles. The number of pyridine rings is 1. The van der Waals surface area contributed by atoms with Crippen LogP contribution in [0.15, 0.2) is 59.5 Å². The Hall–Kier alpha value is -4.67. The number of amides is 1. The molecule has 2 aromatic carbocycles. The van der Waals surface area contributed by atoms with Crippen molar-refractivity contribution in [1.29, 1.82) is 0 Å². The average molecular weight is 504 g/mol. The Balaban J connectivity index is 1.35. The predicted molar refractivity (Wildman–Crippen MR) is 135 cm³/mol. The maximum absolute atomic E-state index is 13.7. The Bertz CT molecular complexity index is 1540. The molecule has 1 saturated heterocycles. The second kappa shape index (κ2) is 9.08. The van der Waals surface area contributed by atoms with Crippen LogP contribution in [0.25, 0.3) is 16.7 Å². The van der Waals surface area contributed by atoms with Gasteiger partial charge in [0.25, 0.3) is 0 Å². The smallest absolute Gasteiger partial charge is 0.407 e. The summed E-state index contributed by atoms with van der Waals surface area (Å²) in [7, 11) is 0. The molecule has 1 fully saturated rings. The van der Waals surface area contributed by atoms with E-state index in [-0.39, 0.29) is 24.1 Å². The minimum atomic E-state index is -0.990. The molecule has 4 aromatic rings. The second-order valence-corrected chi connectivity index (χ2v) is 8.98. The van der Waals surface area contributed by atoms with Gasteiger partial charge in [-0.15, -0.1) is 0 Å². The molecule has 0 spiro atoms. The number of imidazole rings is 1. The Morgan fingerprint density at radius 1 is 1.05 bits per heavy atom. The van der Waals surface area contributed by atoms with Crippen LogP contribution in [0.2, 0.25) is 0 Å². The Kier molecular flexibility index (Phi) is 5.59. The zero-order valence-electron chi connectivity index (χ0n) is 19.9. The summed E-state index contributed by atoms with van der Waals surface area (Å²) in [4.78, 5) is 30.9. The van der Waals surface area contributed by atoms with Gasteiger partial charge < -0.3 is 30.0 Å². The lowest BCUT2D eigenvalue weighted by molar-refractivity contribution is 0.121. The highest BCUT2D eigenvalue weighted by molar-refractivity contribution is 5.87. The van der Waals surface area contributed by atoms with Gasteiger partial charge in [-0.1, -0.05) is 0 Å². The second-order valence-electron chi connectivity index (χ2n) is 8.98. The highest BCUT2D eigenvalue weighted by atomic mass is 16.6. The lowest BCUT2D eigenvalue weighted by Gasteiger charge is -2.31. The van der Waals surface area contributed by atoms with Crippen molar-refractivity contribution in [1.82, 2.24) is 19.0 Å². The normalized spacial score (nSPS) is 17.1. The number of fused-ring (bicyclic) bond motifs is 2. The number of nitrogen functional groups attached to an aromatic ring is 1. The molecule has 0 aliphatic carbocycles. The van der Waals surface area contributed by atoms with Crippen LogP contribution in [0, 0.1) is 0 Å². The van der Waals surface area contributed by atoms with Crippen molar-refractivity contribution in [2.75, 3.05) is 32.0 Å². The molecular weight excluding hydrogens is 478 g/mol. The summed E-state index contributed by atoms with van der Waals surface area (Å²) in [5, 5.41) is 9.48. The summed E-state index contributed by atoms with van der Waals surface area (Å²) in [5.74, 6) is 2.70. The molecule has 37 heavy (non-hydrogen) atoms. The van der Waals surface area contributed by atoms with Crippen molar-refractivity contribution >= 4 is 22.9 Å². The Labute approximate surface area is 211 Å². The molecule has 11 nitrogen and oxygen atoms in total. The number of anilines is 1. The van der Waals surface area contributed by atoms with Crippen molar-refractivity contribution in [3.8, 4) is 28.7 Å². The van der Waals surface area contributed by atoms with E-state index < -0.39 is 6.09 Å². The van der Waals surface area contributed by atoms with Gasteiger partial charge >= 0.3 is 11.8 Å². The van der Waals surface area contributed by atoms with E-state index in [0.29, 0.717) is 72.3 Å². The third-order valence-corrected chi connectivity index (χ3v) is 6.69. The quantitative estimate of drug-likeness (QED) is 0.431. The topological polar surface area (TPSA) is 134 Å². The van der Waals surface area contributed by atoms with Gasteiger partial charge in [-0.2, -0.15) is 0 Å². The number of nitrogens with two attached hydrogens (primary N) is 1. The minimum Gasteiger partial charge on any atom is -0.486 e. The number of piperidine rings is 1. The van der Waals surface area contributed by atoms with Gasteiger partial charge in [-0.25, -0.2) is 14.6 Å². The van der Waals surface area contributed by atoms with E-state index in [0.717, 1.165) is 0 Å². The highest BCUT2D eigenvalue weighted by Gasteiger charge is 2.29. The maximum atomic E-state index is 13.7. The molecule has 6 rings (SSSR count). The summed E-state index contributed by atoms with van der Waals surface area (Å²) in [6.45, 7) is 1.69. The largest absolute Gasteiger partial charge is 0.486 e. The number of rotatable bonds is 4. The molecule has 0 unspecified atom stereocenters. The number of ether oxygens (including phenoxy) is 3. The van der Waals surface area contributed by atoms with E-state index >= 15 is 0 Å². The van der Waals surface area contributed by atoms with Crippen molar-refractivity contribution in [2.24, 2.45) is 0 Å². The van der Waals surface area contributed by atoms with Crippen LogP contribution in [-0.4, -0.2) is 56.5 Å². The Morgan fingerprint density at radius 3 is 2.59 bits per heavy atom. The standard InChI is InChI=1S/C26H25N5O6/c27-24-23-20(9-10-28-24)30(17-2-1-11-29(15-17)26(33)34)25(32)31(23)16-3-5-18(6-4-16)37-19-7-8-21-22(14-19)36-13-12-35-21/h3-10,14,17H,1-2,11-13,15H2,(H2,27,28)(H,33,34)/t17-/m1/s1. The fourth-order valence-corrected chi connectivity index (χ4v) is 5.01. The Morgan fingerprint density at radius 2 is 1.81 bits per heavy atom. The lowest BCUT2D eigenvalue weighted by Crippen LogP contribution is -2.42. The molecule has 1 atom stereocenters. The number of hydrogen-bond donors (Lipinski definition) is 2. The van der Waals surface area contributed by atoms with Gasteiger partial charge in [-0.3, -0.25) is 9.13 Å². The van der Waals surface area contributed by atoms with Crippen LogP contribution in [0.5, 0.6) is 23.0 Å². The van der Waals surface area contributed by atoms with Crippen LogP contribution in [0.4, 0.5) is 10.6 Å². The first-order valence-electron chi connectivity index (χ1n) is 12.0. The molecular formula is C26H25N5O6. The van der Waals surface area contributed by atoms with Gasteiger partial charge in [-0.05, 0) is 55.3 Å². The van der Waals surface area contributed by atoms with Crippen molar-refractivity contribution in [2.45, 2.75) is 18.9 Å². The van der Waals surface area contributed by atoms with E-state index in [1.165, 1.54) is 9.47 Å². The van der Waals surface area contributed by atoms with Crippen LogP contribution < -0.4 is 25.6 Å². The van der Waals surface area contributed by atoms with Gasteiger partial charge in [0.15, 0.2) is 11.5 Å². The van der Waals surface area contributed by atoms with Crippen LogP contribution in [0.1, 0.15) is 18.9 Å². The fraction of sp³-hybridized carbons (Fsp3) is 0.269. The first-order chi connectivity index (χ1) is 18.0. The van der Waals surface area contributed by atoms with Crippen LogP contribution in [0.3, 0.4) is 0 Å². The molecule has 2 aliphatic rings. The number of carboxylic acid groups (broad SMARTS) is 1. The van der Waals surface area contributed by atoms with Gasteiger partial charge in [0, 0.05) is 25.4 Å². The molecule has 0 bridgehead atoms. The molecule has 4 heterocycles. The molecule has 3 N–H and O–H groups in total. The molecule has 0 saturated carbocycles. The van der Waals surface area contributed by atoms with E-state index in [9.17, 15) is 14.7 Å². The molecule has 0 radical (unpaired) electrons. The van der Waals surface area contributed by atoms with Crippen LogP contribution >= 0.6 is 0 Å². The summed E-state index contributed by atoms with van der Waals surface area (Å²) in [6.07, 6.45) is 1.92. The summed E-state index contributed by atoms with van der Waals surface area (Å²) < 4.78 is 20.3. The van der Waals surface area contributed by atoms with E-state index in [1.54, 1.807) is 59.3 Å².